The molecule has 90 valence electrons. The quantitative estimate of drug-likeness (QED) is 0.876. The second kappa shape index (κ2) is 4.33. The van der Waals surface area contributed by atoms with E-state index in [1.165, 1.54) is 11.3 Å². The van der Waals surface area contributed by atoms with Gasteiger partial charge in [0.15, 0.2) is 0 Å². The number of rotatable bonds is 4. The Morgan fingerprint density at radius 3 is 2.94 bits per heavy atom. The molecule has 2 N–H and O–H groups in total. The zero-order chi connectivity index (χ0) is 12.5. The van der Waals surface area contributed by atoms with Crippen molar-refractivity contribution >= 4 is 17.3 Å². The third-order valence-electron chi connectivity index (χ3n) is 2.58. The Morgan fingerprint density at radius 2 is 2.35 bits per heavy atom. The summed E-state index contributed by atoms with van der Waals surface area (Å²) >= 11 is 1.52. The van der Waals surface area contributed by atoms with Gasteiger partial charge in [-0.1, -0.05) is 0 Å². The Morgan fingerprint density at radius 1 is 1.59 bits per heavy atom. The van der Waals surface area contributed by atoms with Crippen molar-refractivity contribution < 1.29 is 9.90 Å². The molecule has 4 nitrogen and oxygen atoms in total. The average molecular weight is 250 g/mol. The molecule has 0 radical (unpaired) electrons. The minimum atomic E-state index is -0.799. The fourth-order valence-electron chi connectivity index (χ4n) is 1.50. The molecule has 0 saturated carbocycles. The second-order valence-electron chi connectivity index (χ2n) is 4.59. The number of aromatic amines is 1. The van der Waals surface area contributed by atoms with Gasteiger partial charge in [0.2, 0.25) is 0 Å². The summed E-state index contributed by atoms with van der Waals surface area (Å²) in [5.41, 5.74) is 1.02. The van der Waals surface area contributed by atoms with E-state index in [0.29, 0.717) is 6.42 Å². The highest BCUT2D eigenvalue weighted by Gasteiger charge is 2.28. The molecule has 0 amide bonds. The van der Waals surface area contributed by atoms with Crippen LogP contribution in [0, 0.1) is 5.41 Å². The summed E-state index contributed by atoms with van der Waals surface area (Å²) in [4.78, 5) is 18.6. The van der Waals surface area contributed by atoms with Crippen molar-refractivity contribution in [3.8, 4) is 10.7 Å². The molecule has 2 aromatic rings. The first-order chi connectivity index (χ1) is 7.99. The molecule has 2 rings (SSSR count). The van der Waals surface area contributed by atoms with Gasteiger partial charge in [-0.2, -0.15) is 0 Å². The largest absolute Gasteiger partial charge is 0.481 e. The third-order valence-corrected chi connectivity index (χ3v) is 3.51. The van der Waals surface area contributed by atoms with E-state index in [4.69, 9.17) is 5.11 Å². The van der Waals surface area contributed by atoms with E-state index in [0.717, 1.165) is 16.4 Å². The number of aromatic nitrogens is 2. The first-order valence-electron chi connectivity index (χ1n) is 5.30. The van der Waals surface area contributed by atoms with Crippen LogP contribution in [0.25, 0.3) is 10.7 Å². The maximum Gasteiger partial charge on any atom is 0.309 e. The van der Waals surface area contributed by atoms with Gasteiger partial charge >= 0.3 is 5.97 Å². The molecular formula is C12H14N2O2S. The monoisotopic (exact) mass is 250 g/mol. The highest BCUT2D eigenvalue weighted by atomic mass is 32.1. The first-order valence-corrected chi connectivity index (χ1v) is 6.18. The minimum Gasteiger partial charge on any atom is -0.481 e. The van der Waals surface area contributed by atoms with Crippen LogP contribution in [-0.2, 0) is 11.2 Å². The van der Waals surface area contributed by atoms with Gasteiger partial charge in [-0.05, 0) is 26.0 Å². The van der Waals surface area contributed by atoms with Gasteiger partial charge in [-0.15, -0.1) is 11.3 Å². The maximum absolute atomic E-state index is 11.0. The normalized spacial score (nSPS) is 11.6. The lowest BCUT2D eigenvalue weighted by atomic mass is 9.88. The Kier molecular flexibility index (Phi) is 3.02. The van der Waals surface area contributed by atoms with Crippen molar-refractivity contribution in [1.82, 2.24) is 9.97 Å². The van der Waals surface area contributed by atoms with Crippen LogP contribution < -0.4 is 0 Å². The van der Waals surface area contributed by atoms with Crippen molar-refractivity contribution in [2.75, 3.05) is 0 Å². The van der Waals surface area contributed by atoms with Crippen LogP contribution >= 0.6 is 11.3 Å². The predicted molar refractivity (Wildman–Crippen MR) is 67.0 cm³/mol. The number of carbonyl (C=O) groups is 1. The fourth-order valence-corrected chi connectivity index (χ4v) is 2.31. The van der Waals surface area contributed by atoms with Crippen molar-refractivity contribution in [3.63, 3.8) is 0 Å². The van der Waals surface area contributed by atoms with E-state index in [1.807, 2.05) is 23.7 Å². The summed E-state index contributed by atoms with van der Waals surface area (Å²) in [7, 11) is 0. The molecule has 0 bridgehead atoms. The lowest BCUT2D eigenvalue weighted by molar-refractivity contribution is -0.146. The number of aliphatic carboxylic acids is 1. The molecule has 0 unspecified atom stereocenters. The zero-order valence-corrected chi connectivity index (χ0v) is 10.5. The molecule has 0 spiro atoms. The second-order valence-corrected chi connectivity index (χ2v) is 5.45. The van der Waals surface area contributed by atoms with E-state index in [1.54, 1.807) is 13.8 Å². The average Bonchev–Trinajstić information content (AvgIpc) is 2.85. The van der Waals surface area contributed by atoms with Crippen LogP contribution in [0.2, 0.25) is 0 Å². The van der Waals surface area contributed by atoms with Crippen molar-refractivity contribution in [1.29, 1.82) is 0 Å². The number of nitrogens with zero attached hydrogens (tertiary/aromatic N) is 1. The number of hydrogen-bond donors (Lipinski definition) is 2. The van der Waals surface area contributed by atoms with E-state index in [2.05, 4.69) is 9.97 Å². The van der Waals surface area contributed by atoms with Crippen molar-refractivity contribution in [2.24, 2.45) is 5.41 Å². The van der Waals surface area contributed by atoms with Crippen LogP contribution in [0.15, 0.2) is 23.7 Å². The lowest BCUT2D eigenvalue weighted by Crippen LogP contribution is -2.26. The molecule has 0 aromatic carbocycles. The first kappa shape index (κ1) is 11.9. The van der Waals surface area contributed by atoms with Gasteiger partial charge in [0.1, 0.15) is 5.01 Å². The van der Waals surface area contributed by atoms with E-state index < -0.39 is 11.4 Å². The number of carboxylic acid groups (broad SMARTS) is 1. The lowest BCUT2D eigenvalue weighted by Gasteiger charge is -2.16. The Balaban J connectivity index is 2.17. The molecular weight excluding hydrogens is 236 g/mol. The molecule has 2 aromatic heterocycles. The molecule has 5 heteroatoms. The fraction of sp³-hybridized carbons (Fsp3) is 0.333. The molecule has 0 aliphatic heterocycles. The van der Waals surface area contributed by atoms with Gasteiger partial charge in [-0.25, -0.2) is 4.98 Å². The Bertz CT molecular complexity index is 514. The number of carboxylic acids is 1. The van der Waals surface area contributed by atoms with Gasteiger partial charge in [0.05, 0.1) is 16.8 Å². The third kappa shape index (κ3) is 2.55. The van der Waals surface area contributed by atoms with E-state index in [-0.39, 0.29) is 0 Å². The molecule has 0 saturated heterocycles. The summed E-state index contributed by atoms with van der Waals surface area (Å²) in [6, 6.07) is 3.86. The van der Waals surface area contributed by atoms with E-state index >= 15 is 0 Å². The summed E-state index contributed by atoms with van der Waals surface area (Å²) in [5.74, 6) is -0.799. The SMILES string of the molecule is CC(C)(Cc1csc(-c2ccc[nH]2)n1)C(=O)O. The Labute approximate surface area is 103 Å². The van der Waals surface area contributed by atoms with Crippen LogP contribution in [-0.4, -0.2) is 21.0 Å². The standard InChI is InChI=1S/C12H14N2O2S/c1-12(2,11(15)16)6-8-7-17-10(14-8)9-4-3-5-13-9/h3-5,7,13H,6H2,1-2H3,(H,15,16). The number of hydrogen-bond acceptors (Lipinski definition) is 3. The molecule has 0 fully saturated rings. The smallest absolute Gasteiger partial charge is 0.309 e. The van der Waals surface area contributed by atoms with E-state index in [9.17, 15) is 4.79 Å². The highest BCUT2D eigenvalue weighted by Crippen LogP contribution is 2.27. The van der Waals surface area contributed by atoms with Gasteiger partial charge < -0.3 is 10.1 Å². The predicted octanol–water partition coefficient (Wildman–Crippen LogP) is 2.79. The van der Waals surface area contributed by atoms with Crippen LogP contribution in [0.5, 0.6) is 0 Å². The minimum absolute atomic E-state index is 0.444. The van der Waals surface area contributed by atoms with Gasteiger partial charge in [0.25, 0.3) is 0 Å². The number of thiazole rings is 1. The van der Waals surface area contributed by atoms with Crippen molar-refractivity contribution in [2.45, 2.75) is 20.3 Å². The van der Waals surface area contributed by atoms with Gasteiger partial charge in [-0.3, -0.25) is 4.79 Å². The molecule has 0 atom stereocenters. The molecule has 17 heavy (non-hydrogen) atoms. The highest BCUT2D eigenvalue weighted by molar-refractivity contribution is 7.13. The maximum atomic E-state index is 11.0. The summed E-state index contributed by atoms with van der Waals surface area (Å²) in [5, 5.41) is 11.9. The van der Waals surface area contributed by atoms with Crippen molar-refractivity contribution in [3.05, 3.63) is 29.4 Å². The van der Waals surface area contributed by atoms with Gasteiger partial charge in [0, 0.05) is 18.0 Å². The van der Waals surface area contributed by atoms with Crippen LogP contribution in [0.3, 0.4) is 0 Å². The number of H-pyrrole nitrogens is 1. The summed E-state index contributed by atoms with van der Waals surface area (Å²) < 4.78 is 0. The Hall–Kier alpha value is -1.62. The summed E-state index contributed by atoms with van der Waals surface area (Å²) in [6.07, 6.45) is 2.29. The number of nitrogens with one attached hydrogen (secondary N) is 1. The molecule has 2 heterocycles. The van der Waals surface area contributed by atoms with Crippen LogP contribution in [0.4, 0.5) is 0 Å². The molecule has 0 aliphatic carbocycles. The summed E-state index contributed by atoms with van der Waals surface area (Å²) in [6.45, 7) is 3.42. The van der Waals surface area contributed by atoms with Crippen LogP contribution in [0.1, 0.15) is 19.5 Å². The molecule has 0 aliphatic rings. The zero-order valence-electron chi connectivity index (χ0n) is 9.73. The topological polar surface area (TPSA) is 66.0 Å².